The van der Waals surface area contributed by atoms with E-state index in [1.165, 1.54) is 0 Å². The molecule has 4 heteroatoms. The van der Waals surface area contributed by atoms with E-state index in [2.05, 4.69) is 29.2 Å². The van der Waals surface area contributed by atoms with E-state index in [9.17, 15) is 9.90 Å². The number of rotatable bonds is 7. The third-order valence-corrected chi connectivity index (χ3v) is 7.50. The average molecular weight is 465 g/mol. The summed E-state index contributed by atoms with van der Waals surface area (Å²) in [5.74, 6) is 0.849. The molecule has 1 aliphatic heterocycles. The van der Waals surface area contributed by atoms with Crippen molar-refractivity contribution in [3.63, 3.8) is 0 Å². The van der Waals surface area contributed by atoms with Gasteiger partial charge < -0.3 is 10.0 Å². The van der Waals surface area contributed by atoms with E-state index in [4.69, 9.17) is 0 Å². The Labute approximate surface area is 207 Å². The van der Waals surface area contributed by atoms with Gasteiger partial charge in [0.05, 0.1) is 0 Å². The molecule has 1 aromatic heterocycles. The highest BCUT2D eigenvalue weighted by atomic mass is 16.3. The number of benzene rings is 3. The van der Waals surface area contributed by atoms with Gasteiger partial charge in [0, 0.05) is 12.4 Å². The van der Waals surface area contributed by atoms with E-state index in [1.807, 2.05) is 79.1 Å². The number of para-hydroxylation sites is 1. The van der Waals surface area contributed by atoms with Crippen molar-refractivity contribution < 1.29 is 9.90 Å². The number of phenolic OH excluding ortho intramolecular Hbond substituents is 1. The summed E-state index contributed by atoms with van der Waals surface area (Å²) < 4.78 is 1.73. The van der Waals surface area contributed by atoms with Crippen molar-refractivity contribution in [3.8, 4) is 5.75 Å². The first kappa shape index (κ1) is 23.1. The molecule has 1 saturated heterocycles. The van der Waals surface area contributed by atoms with Gasteiger partial charge in [-0.25, -0.2) is 0 Å². The second-order valence-electron chi connectivity index (χ2n) is 9.46. The average Bonchev–Trinajstić information content (AvgIpc) is 3.46. The number of hydrogen-bond donors (Lipinski definition) is 1. The number of carbonyl (C=O) groups excluding carboxylic acids is 1. The van der Waals surface area contributed by atoms with Crippen LogP contribution in [-0.4, -0.2) is 40.1 Å². The molecule has 4 nitrogen and oxygen atoms in total. The smallest absolute Gasteiger partial charge is 0.245 e. The highest BCUT2D eigenvalue weighted by Gasteiger charge is 2.42. The maximum absolute atomic E-state index is 14.2. The molecule has 0 unspecified atom stereocenters. The highest BCUT2D eigenvalue weighted by Crippen LogP contribution is 2.39. The molecule has 3 aromatic carbocycles. The molecule has 35 heavy (non-hydrogen) atoms. The number of carbonyl (C=O) groups is 1. The maximum Gasteiger partial charge on any atom is 0.245 e. The van der Waals surface area contributed by atoms with Gasteiger partial charge >= 0.3 is 0 Å². The fraction of sp³-hybridized carbons (Fsp3) is 0.258. The zero-order valence-electron chi connectivity index (χ0n) is 20.0. The molecule has 4 aromatic rings. The van der Waals surface area contributed by atoms with E-state index in [-0.39, 0.29) is 5.91 Å². The second-order valence-corrected chi connectivity index (χ2v) is 9.46. The summed E-state index contributed by atoms with van der Waals surface area (Å²) in [6, 6.07) is 31.9. The van der Waals surface area contributed by atoms with Crippen LogP contribution in [0.1, 0.15) is 46.7 Å². The first-order valence-electron chi connectivity index (χ1n) is 12.5. The molecule has 1 fully saturated rings. The minimum atomic E-state index is -0.782. The summed E-state index contributed by atoms with van der Waals surface area (Å²) in [4.78, 5) is 16.7. The fourth-order valence-electron chi connectivity index (χ4n) is 5.57. The minimum absolute atomic E-state index is 0.0731. The van der Waals surface area contributed by atoms with Crippen LogP contribution in [0, 0.1) is 0 Å². The molecular weight excluding hydrogens is 432 g/mol. The van der Waals surface area contributed by atoms with Crippen molar-refractivity contribution in [1.82, 2.24) is 9.47 Å². The number of piperidine rings is 1. The summed E-state index contributed by atoms with van der Waals surface area (Å²) in [7, 11) is 0. The molecule has 1 N–H and O–H groups in total. The lowest BCUT2D eigenvalue weighted by atomic mass is 9.71. The number of aromatic nitrogens is 1. The van der Waals surface area contributed by atoms with Gasteiger partial charge in [-0.2, -0.15) is 0 Å². The predicted octanol–water partition coefficient (Wildman–Crippen LogP) is 6.09. The molecule has 5 rings (SSSR count). The minimum Gasteiger partial charge on any atom is -0.508 e. The Morgan fingerprint density at radius 2 is 1.31 bits per heavy atom. The first-order chi connectivity index (χ1) is 17.2. The van der Waals surface area contributed by atoms with Crippen LogP contribution in [0.5, 0.6) is 5.75 Å². The quantitative estimate of drug-likeness (QED) is 0.360. The zero-order valence-corrected chi connectivity index (χ0v) is 20.0. The van der Waals surface area contributed by atoms with Gasteiger partial charge in [-0.15, -0.1) is 0 Å². The van der Waals surface area contributed by atoms with Crippen molar-refractivity contribution in [2.75, 3.05) is 19.6 Å². The topological polar surface area (TPSA) is 45.5 Å². The largest absolute Gasteiger partial charge is 0.508 e. The molecule has 0 bridgehead atoms. The number of hydrogen-bond acceptors (Lipinski definition) is 3. The summed E-state index contributed by atoms with van der Waals surface area (Å²) in [6.45, 7) is 2.73. The molecule has 2 heterocycles. The van der Waals surface area contributed by atoms with Crippen LogP contribution in [0.4, 0.5) is 0 Å². The number of likely N-dealkylation sites (tertiary alicyclic amines) is 1. The summed E-state index contributed by atoms with van der Waals surface area (Å²) >= 11 is 0. The standard InChI is InChI=1S/C31H32N2O2/c34-29-16-8-7-15-28(29)25-17-22-32(23-18-25)24-19-31(26-11-3-1-4-12-26,27-13-5-2-6-14-27)30(35)33-20-9-10-21-33/h1-16,20-21,25,34H,17-19,22-24H2. The van der Waals surface area contributed by atoms with Crippen molar-refractivity contribution in [3.05, 3.63) is 126 Å². The lowest BCUT2D eigenvalue weighted by Crippen LogP contribution is -2.44. The summed E-state index contributed by atoms with van der Waals surface area (Å²) in [6.07, 6.45) is 6.40. The molecule has 0 amide bonds. The van der Waals surface area contributed by atoms with Crippen LogP contribution in [-0.2, 0) is 5.41 Å². The molecule has 0 radical (unpaired) electrons. The summed E-state index contributed by atoms with van der Waals surface area (Å²) in [5.41, 5.74) is 2.32. The lowest BCUT2D eigenvalue weighted by Gasteiger charge is -2.38. The van der Waals surface area contributed by atoms with Crippen molar-refractivity contribution >= 4 is 5.91 Å². The normalized spacial score (nSPS) is 15.2. The lowest BCUT2D eigenvalue weighted by molar-refractivity contribution is 0.0800. The Morgan fingerprint density at radius 3 is 1.89 bits per heavy atom. The number of aromatic hydroxyl groups is 1. The van der Waals surface area contributed by atoms with Gasteiger partial charge in [-0.1, -0.05) is 78.9 Å². The Bertz CT molecular complexity index is 1190. The van der Waals surface area contributed by atoms with E-state index >= 15 is 0 Å². The van der Waals surface area contributed by atoms with Crippen LogP contribution in [0.3, 0.4) is 0 Å². The van der Waals surface area contributed by atoms with E-state index in [0.29, 0.717) is 18.1 Å². The van der Waals surface area contributed by atoms with Crippen LogP contribution >= 0.6 is 0 Å². The maximum atomic E-state index is 14.2. The second kappa shape index (κ2) is 10.3. The van der Waals surface area contributed by atoms with Crippen molar-refractivity contribution in [1.29, 1.82) is 0 Å². The molecule has 0 spiro atoms. The van der Waals surface area contributed by atoms with E-state index in [1.54, 1.807) is 10.6 Å². The zero-order chi connectivity index (χ0) is 24.1. The van der Waals surface area contributed by atoms with Gasteiger partial charge in [0.1, 0.15) is 11.2 Å². The molecule has 0 atom stereocenters. The Morgan fingerprint density at radius 1 is 0.771 bits per heavy atom. The molecule has 1 aliphatic rings. The number of phenols is 1. The molecular formula is C31H32N2O2. The van der Waals surface area contributed by atoms with Gasteiger partial charge in [0.25, 0.3) is 0 Å². The molecule has 178 valence electrons. The van der Waals surface area contributed by atoms with Crippen LogP contribution in [0.25, 0.3) is 0 Å². The number of nitrogens with zero attached hydrogens (tertiary/aromatic N) is 2. The van der Waals surface area contributed by atoms with Gasteiger partial charge in [0.2, 0.25) is 5.91 Å². The van der Waals surface area contributed by atoms with E-state index < -0.39 is 5.41 Å². The third-order valence-electron chi connectivity index (χ3n) is 7.50. The molecule has 0 aliphatic carbocycles. The van der Waals surface area contributed by atoms with Gasteiger partial charge in [0.15, 0.2) is 0 Å². The third kappa shape index (κ3) is 4.67. The molecule has 0 saturated carbocycles. The SMILES string of the molecule is O=C(n1cccc1)C(CCN1CCC(c2ccccc2O)CC1)(c1ccccc1)c1ccccc1. The van der Waals surface area contributed by atoms with Crippen LogP contribution in [0.2, 0.25) is 0 Å². The van der Waals surface area contributed by atoms with Crippen LogP contribution < -0.4 is 0 Å². The van der Waals surface area contributed by atoms with Crippen molar-refractivity contribution in [2.24, 2.45) is 0 Å². The Hall–Kier alpha value is -3.63. The predicted molar refractivity (Wildman–Crippen MR) is 140 cm³/mol. The van der Waals surface area contributed by atoms with Gasteiger partial charge in [-0.3, -0.25) is 9.36 Å². The van der Waals surface area contributed by atoms with Crippen LogP contribution in [0.15, 0.2) is 109 Å². The monoisotopic (exact) mass is 464 g/mol. The fourth-order valence-corrected chi connectivity index (χ4v) is 5.57. The first-order valence-corrected chi connectivity index (χ1v) is 12.5. The Kier molecular flexibility index (Phi) is 6.82. The van der Waals surface area contributed by atoms with Crippen molar-refractivity contribution in [2.45, 2.75) is 30.6 Å². The summed E-state index contributed by atoms with van der Waals surface area (Å²) in [5, 5.41) is 10.3. The Balaban J connectivity index is 1.42. The highest BCUT2D eigenvalue weighted by molar-refractivity contribution is 5.94. The van der Waals surface area contributed by atoms with Gasteiger partial charge in [-0.05, 0) is 79.7 Å². The van der Waals surface area contributed by atoms with E-state index in [0.717, 1.165) is 49.2 Å².